The Balaban J connectivity index is 2.56. The summed E-state index contributed by atoms with van der Waals surface area (Å²) in [5.41, 5.74) is -2.36. The van der Waals surface area contributed by atoms with Crippen LogP contribution >= 0.6 is 11.6 Å². The first-order valence-corrected chi connectivity index (χ1v) is 6.33. The predicted octanol–water partition coefficient (Wildman–Crippen LogP) is 1.80. The van der Waals surface area contributed by atoms with Gasteiger partial charge in [0.05, 0.1) is 12.0 Å². The van der Waals surface area contributed by atoms with Gasteiger partial charge >= 0.3 is 16.9 Å². The van der Waals surface area contributed by atoms with Gasteiger partial charge in [0.1, 0.15) is 11.4 Å². The third-order valence-electron chi connectivity index (χ3n) is 2.75. The van der Waals surface area contributed by atoms with Crippen LogP contribution in [0.3, 0.4) is 0 Å². The molecule has 0 unspecified atom stereocenters. The van der Waals surface area contributed by atoms with Gasteiger partial charge < -0.3 is 9.72 Å². The number of benzene rings is 1. The molecule has 0 amide bonds. The smallest absolute Gasteiger partial charge is 0.357 e. The van der Waals surface area contributed by atoms with Gasteiger partial charge in [0, 0.05) is 10.6 Å². The fourth-order valence-electron chi connectivity index (χ4n) is 1.81. The fraction of sp³-hybridized carbons (Fsp3) is 0.0769. The molecule has 0 aliphatic carbocycles. The Kier molecular flexibility index (Phi) is 4.42. The van der Waals surface area contributed by atoms with Crippen molar-refractivity contribution >= 4 is 29.4 Å². The molecule has 1 aromatic heterocycles. The van der Waals surface area contributed by atoms with E-state index >= 15 is 0 Å². The number of nitro groups is 1. The van der Waals surface area contributed by atoms with E-state index in [-0.39, 0.29) is 5.69 Å². The molecule has 0 radical (unpaired) electrons. The van der Waals surface area contributed by atoms with E-state index in [1.54, 1.807) is 23.2 Å². The molecule has 0 fully saturated rings. The van der Waals surface area contributed by atoms with Crippen molar-refractivity contribution in [3.8, 4) is 5.75 Å². The summed E-state index contributed by atoms with van der Waals surface area (Å²) < 4.78 is 5.13. The maximum Gasteiger partial charge on any atom is 0.357 e. The van der Waals surface area contributed by atoms with Crippen LogP contribution < -0.4 is 16.0 Å². The molecule has 1 aromatic carbocycles. The topological polar surface area (TPSA) is 118 Å². The van der Waals surface area contributed by atoms with Crippen LogP contribution in [0.2, 0.25) is 5.02 Å². The van der Waals surface area contributed by atoms with Gasteiger partial charge in [0.2, 0.25) is 0 Å². The van der Waals surface area contributed by atoms with Crippen LogP contribution in [0.5, 0.6) is 5.75 Å². The number of hydrogen-bond donors (Lipinski definition) is 2. The van der Waals surface area contributed by atoms with Crippen molar-refractivity contribution in [1.29, 1.82) is 0 Å². The zero-order valence-corrected chi connectivity index (χ0v) is 12.0. The van der Waals surface area contributed by atoms with Crippen LogP contribution in [0.15, 0.2) is 27.8 Å². The van der Waals surface area contributed by atoms with Crippen LogP contribution in [0, 0.1) is 10.1 Å². The number of halogens is 1. The lowest BCUT2D eigenvalue weighted by molar-refractivity contribution is -0.386. The molecule has 0 saturated carbocycles. The lowest BCUT2D eigenvalue weighted by atomic mass is 10.1. The zero-order chi connectivity index (χ0) is 16.3. The van der Waals surface area contributed by atoms with E-state index in [0.717, 1.165) is 0 Å². The predicted molar refractivity (Wildman–Crippen MR) is 81.3 cm³/mol. The average Bonchev–Trinajstić information content (AvgIpc) is 2.44. The highest BCUT2D eigenvalue weighted by Crippen LogP contribution is 2.25. The van der Waals surface area contributed by atoms with E-state index < -0.39 is 21.9 Å². The summed E-state index contributed by atoms with van der Waals surface area (Å²) in [6.45, 7) is 0. The van der Waals surface area contributed by atoms with Gasteiger partial charge in [-0.15, -0.1) is 0 Å². The molecule has 0 bridgehead atoms. The van der Waals surface area contributed by atoms with Gasteiger partial charge in [0.15, 0.2) is 0 Å². The van der Waals surface area contributed by atoms with Crippen molar-refractivity contribution in [3.05, 3.63) is 65.4 Å². The third kappa shape index (κ3) is 3.23. The molecule has 0 aliphatic heterocycles. The molecule has 0 atom stereocenters. The first-order valence-electron chi connectivity index (χ1n) is 5.95. The summed E-state index contributed by atoms with van der Waals surface area (Å²) in [4.78, 5) is 36.8. The van der Waals surface area contributed by atoms with Crippen molar-refractivity contribution in [2.24, 2.45) is 0 Å². The van der Waals surface area contributed by atoms with Gasteiger partial charge in [-0.05, 0) is 30.4 Å². The molecular weight excluding hydrogens is 314 g/mol. The van der Waals surface area contributed by atoms with Gasteiger partial charge in [0.25, 0.3) is 0 Å². The Morgan fingerprint density at radius 2 is 2.00 bits per heavy atom. The van der Waals surface area contributed by atoms with Gasteiger partial charge in [-0.2, -0.15) is 0 Å². The molecule has 0 saturated heterocycles. The Bertz CT molecular complexity index is 869. The maximum absolute atomic E-state index is 11.5. The van der Waals surface area contributed by atoms with Crippen LogP contribution in [0.1, 0.15) is 11.3 Å². The van der Waals surface area contributed by atoms with Crippen LogP contribution in [0.25, 0.3) is 12.2 Å². The number of ether oxygens (including phenoxy) is 1. The molecule has 8 nitrogen and oxygen atoms in total. The minimum atomic E-state index is -1.08. The minimum absolute atomic E-state index is 0.222. The average molecular weight is 324 g/mol. The van der Waals surface area contributed by atoms with Gasteiger partial charge in [-0.3, -0.25) is 19.9 Å². The molecule has 2 N–H and O–H groups in total. The summed E-state index contributed by atoms with van der Waals surface area (Å²) >= 11 is 5.88. The molecule has 0 aliphatic rings. The quantitative estimate of drug-likeness (QED) is 0.657. The Labute approximate surface area is 128 Å². The number of H-pyrrole nitrogens is 2. The number of hydrogen-bond acceptors (Lipinski definition) is 5. The Morgan fingerprint density at radius 3 is 2.64 bits per heavy atom. The molecule has 9 heteroatoms. The van der Waals surface area contributed by atoms with Gasteiger partial charge in [-0.1, -0.05) is 11.6 Å². The second kappa shape index (κ2) is 6.27. The lowest BCUT2D eigenvalue weighted by Crippen LogP contribution is -2.25. The number of rotatable bonds is 4. The van der Waals surface area contributed by atoms with Crippen molar-refractivity contribution in [1.82, 2.24) is 9.97 Å². The normalized spacial score (nSPS) is 10.8. The lowest BCUT2D eigenvalue weighted by Gasteiger charge is -2.04. The minimum Gasteiger partial charge on any atom is -0.496 e. The molecule has 0 spiro atoms. The van der Waals surface area contributed by atoms with E-state index in [4.69, 9.17) is 16.3 Å². The number of aromatic nitrogens is 2. The summed E-state index contributed by atoms with van der Waals surface area (Å²) in [6.07, 6.45) is 2.69. The highest BCUT2D eigenvalue weighted by molar-refractivity contribution is 6.30. The second-order valence-corrected chi connectivity index (χ2v) is 4.58. The van der Waals surface area contributed by atoms with Crippen LogP contribution in [-0.2, 0) is 0 Å². The molecule has 114 valence electrons. The number of nitrogens with zero attached hydrogens (tertiary/aromatic N) is 1. The second-order valence-electron chi connectivity index (χ2n) is 4.15. The largest absolute Gasteiger partial charge is 0.496 e. The Morgan fingerprint density at radius 1 is 1.27 bits per heavy atom. The first-order chi connectivity index (χ1) is 10.4. The highest BCUT2D eigenvalue weighted by atomic mass is 35.5. The summed E-state index contributed by atoms with van der Waals surface area (Å²) in [6, 6.07) is 4.82. The monoisotopic (exact) mass is 323 g/mol. The van der Waals surface area contributed by atoms with Crippen LogP contribution in [0.4, 0.5) is 5.69 Å². The summed E-state index contributed by atoms with van der Waals surface area (Å²) in [5.74, 6) is 0.482. The highest BCUT2D eigenvalue weighted by Gasteiger charge is 2.18. The third-order valence-corrected chi connectivity index (χ3v) is 2.98. The molecular formula is C13H10ClN3O5. The van der Waals surface area contributed by atoms with E-state index in [9.17, 15) is 19.7 Å². The van der Waals surface area contributed by atoms with Crippen molar-refractivity contribution in [2.75, 3.05) is 7.11 Å². The van der Waals surface area contributed by atoms with E-state index in [1.807, 2.05) is 0 Å². The Hall–Kier alpha value is -2.87. The zero-order valence-electron chi connectivity index (χ0n) is 11.3. The molecule has 2 rings (SSSR count). The SMILES string of the molecule is COc1ccc(Cl)cc1/C=C/c1[nH]c(=O)[nH]c(=O)c1[N+](=O)[O-]. The first kappa shape index (κ1) is 15.5. The molecule has 2 aromatic rings. The standard InChI is InChI=1S/C13H10ClN3O5/c1-22-10-5-3-8(14)6-7(10)2-4-9-11(17(20)21)12(18)16-13(19)15-9/h2-6H,1H3,(H2,15,16,18,19)/b4-2+. The summed E-state index contributed by atoms with van der Waals surface area (Å²) in [5, 5.41) is 11.4. The van der Waals surface area contributed by atoms with Gasteiger partial charge in [-0.25, -0.2) is 4.79 Å². The van der Waals surface area contributed by atoms with E-state index in [0.29, 0.717) is 16.3 Å². The van der Waals surface area contributed by atoms with Crippen molar-refractivity contribution < 1.29 is 9.66 Å². The van der Waals surface area contributed by atoms with Crippen molar-refractivity contribution in [3.63, 3.8) is 0 Å². The molecule has 1 heterocycles. The van der Waals surface area contributed by atoms with Crippen molar-refractivity contribution in [2.45, 2.75) is 0 Å². The van der Waals surface area contributed by atoms with E-state index in [1.165, 1.54) is 19.3 Å². The fourth-order valence-corrected chi connectivity index (χ4v) is 1.99. The molecule has 22 heavy (non-hydrogen) atoms. The number of nitrogens with one attached hydrogen (secondary N) is 2. The maximum atomic E-state index is 11.5. The van der Waals surface area contributed by atoms with Crippen LogP contribution in [-0.4, -0.2) is 22.0 Å². The number of aromatic amines is 2. The van der Waals surface area contributed by atoms with E-state index in [2.05, 4.69) is 4.98 Å². The number of methoxy groups -OCH3 is 1. The summed E-state index contributed by atoms with van der Waals surface area (Å²) in [7, 11) is 1.46.